The summed E-state index contributed by atoms with van der Waals surface area (Å²) in [5.74, 6) is -0.436. The molecule has 0 heterocycles. The molecular weight excluding hydrogens is 412 g/mol. The Balaban J connectivity index is 1.56. The minimum absolute atomic E-state index is 0.0159. The molecule has 2 aromatic carbocycles. The minimum atomic E-state index is -0.555. The van der Waals surface area contributed by atoms with Crippen LogP contribution in [0.5, 0.6) is 5.75 Å². The van der Waals surface area contributed by atoms with Crippen LogP contribution >= 0.6 is 0 Å². The molecule has 168 valence electrons. The number of anilines is 1. The molecule has 0 aromatic heterocycles. The first-order chi connectivity index (χ1) is 15.3. The first-order valence-electron chi connectivity index (χ1n) is 10.5. The van der Waals surface area contributed by atoms with Gasteiger partial charge >= 0.3 is 5.69 Å². The van der Waals surface area contributed by atoms with Gasteiger partial charge in [0, 0.05) is 17.7 Å². The number of benzene rings is 2. The maximum Gasteiger partial charge on any atom is 0.311 e. The van der Waals surface area contributed by atoms with Crippen molar-refractivity contribution >= 4 is 28.9 Å². The minimum Gasteiger partial charge on any atom is -0.477 e. The topological polar surface area (TPSA) is 123 Å². The van der Waals surface area contributed by atoms with E-state index < -0.39 is 17.4 Å². The van der Waals surface area contributed by atoms with Crippen molar-refractivity contribution < 1.29 is 19.2 Å². The van der Waals surface area contributed by atoms with Gasteiger partial charge in [0.1, 0.15) is 0 Å². The Morgan fingerprint density at radius 3 is 2.66 bits per heavy atom. The van der Waals surface area contributed by atoms with Crippen LogP contribution in [0.3, 0.4) is 0 Å². The van der Waals surface area contributed by atoms with Crippen molar-refractivity contribution in [3.8, 4) is 5.75 Å². The summed E-state index contributed by atoms with van der Waals surface area (Å²) in [4.78, 5) is 35.0. The highest BCUT2D eigenvalue weighted by molar-refractivity contribution is 6.01. The van der Waals surface area contributed by atoms with Gasteiger partial charge in [-0.2, -0.15) is 5.10 Å². The van der Waals surface area contributed by atoms with Crippen LogP contribution in [-0.4, -0.2) is 29.1 Å². The van der Waals surface area contributed by atoms with Gasteiger partial charge in [-0.3, -0.25) is 19.7 Å². The Kier molecular flexibility index (Phi) is 7.54. The van der Waals surface area contributed by atoms with Crippen LogP contribution in [0, 0.1) is 23.0 Å². The molecule has 1 aliphatic rings. The monoisotopic (exact) mass is 438 g/mol. The van der Waals surface area contributed by atoms with Crippen molar-refractivity contribution in [3.05, 3.63) is 63.7 Å². The summed E-state index contributed by atoms with van der Waals surface area (Å²) >= 11 is 0. The number of aryl methyl sites for hydroxylation is 1. The molecule has 3 rings (SSSR count). The van der Waals surface area contributed by atoms with Crippen molar-refractivity contribution in [2.24, 2.45) is 11.0 Å². The second-order valence-electron chi connectivity index (χ2n) is 7.80. The van der Waals surface area contributed by atoms with E-state index in [0.29, 0.717) is 11.4 Å². The number of hydrazone groups is 1. The van der Waals surface area contributed by atoms with Crippen molar-refractivity contribution in [1.82, 2.24) is 5.43 Å². The third-order valence-corrected chi connectivity index (χ3v) is 5.29. The average Bonchev–Trinajstić information content (AvgIpc) is 3.32. The van der Waals surface area contributed by atoms with Crippen molar-refractivity contribution in [2.45, 2.75) is 39.5 Å². The number of hydrogen-bond donors (Lipinski definition) is 2. The number of amides is 2. The highest BCUT2D eigenvalue weighted by Gasteiger charge is 2.22. The second-order valence-corrected chi connectivity index (χ2v) is 7.80. The number of carbonyl (C=O) groups is 2. The van der Waals surface area contributed by atoms with Crippen LogP contribution in [0.1, 0.15) is 43.7 Å². The van der Waals surface area contributed by atoms with Gasteiger partial charge in [0.2, 0.25) is 5.91 Å². The second kappa shape index (κ2) is 10.5. The van der Waals surface area contributed by atoms with Crippen LogP contribution in [0.4, 0.5) is 11.4 Å². The Hall–Kier alpha value is -3.75. The Bertz CT molecular complexity index is 1040. The van der Waals surface area contributed by atoms with Gasteiger partial charge in [0.15, 0.2) is 12.4 Å². The number of rotatable bonds is 8. The number of nitro benzene ring substituents is 1. The molecule has 32 heavy (non-hydrogen) atoms. The van der Waals surface area contributed by atoms with Crippen LogP contribution in [0.25, 0.3) is 0 Å². The molecule has 0 spiro atoms. The lowest BCUT2D eigenvalue weighted by Gasteiger charge is -2.11. The average molecular weight is 438 g/mol. The van der Waals surface area contributed by atoms with Crippen LogP contribution in [-0.2, 0) is 9.59 Å². The Labute approximate surface area is 186 Å². The summed E-state index contributed by atoms with van der Waals surface area (Å²) in [6.45, 7) is 3.04. The normalized spacial score (nSPS) is 14.1. The molecule has 2 aromatic rings. The van der Waals surface area contributed by atoms with E-state index in [-0.39, 0.29) is 23.3 Å². The lowest BCUT2D eigenvalue weighted by Crippen LogP contribution is -2.25. The zero-order chi connectivity index (χ0) is 23.1. The number of carbonyl (C=O) groups excluding carboxylic acids is 2. The summed E-state index contributed by atoms with van der Waals surface area (Å²) in [7, 11) is 0. The Morgan fingerprint density at radius 1 is 1.19 bits per heavy atom. The third-order valence-electron chi connectivity index (χ3n) is 5.29. The van der Waals surface area contributed by atoms with E-state index in [1.807, 2.05) is 12.1 Å². The van der Waals surface area contributed by atoms with Gasteiger partial charge in [-0.05, 0) is 56.0 Å². The number of nitrogens with one attached hydrogen (secondary N) is 2. The molecule has 0 bridgehead atoms. The largest absolute Gasteiger partial charge is 0.477 e. The fourth-order valence-corrected chi connectivity index (χ4v) is 3.53. The third kappa shape index (κ3) is 6.13. The predicted octanol–water partition coefficient (Wildman–Crippen LogP) is 3.95. The van der Waals surface area contributed by atoms with Crippen molar-refractivity contribution in [2.75, 3.05) is 11.9 Å². The molecule has 1 saturated carbocycles. The molecule has 1 fully saturated rings. The maximum atomic E-state index is 12.3. The molecule has 1 aliphatic carbocycles. The number of ether oxygens (including phenoxy) is 1. The zero-order valence-electron chi connectivity index (χ0n) is 18.1. The van der Waals surface area contributed by atoms with Gasteiger partial charge in [0.25, 0.3) is 5.91 Å². The number of nitrogens with zero attached hydrogens (tertiary/aromatic N) is 2. The van der Waals surface area contributed by atoms with Crippen LogP contribution < -0.4 is 15.5 Å². The van der Waals surface area contributed by atoms with Gasteiger partial charge in [-0.1, -0.05) is 31.0 Å². The van der Waals surface area contributed by atoms with Gasteiger partial charge in [-0.15, -0.1) is 0 Å². The van der Waals surface area contributed by atoms with E-state index >= 15 is 0 Å². The predicted molar refractivity (Wildman–Crippen MR) is 121 cm³/mol. The molecule has 9 heteroatoms. The van der Waals surface area contributed by atoms with Gasteiger partial charge < -0.3 is 10.1 Å². The van der Waals surface area contributed by atoms with E-state index in [9.17, 15) is 19.7 Å². The first kappa shape index (κ1) is 22.9. The lowest BCUT2D eigenvalue weighted by molar-refractivity contribution is -0.385. The summed E-state index contributed by atoms with van der Waals surface area (Å²) in [6, 6.07) is 11.7. The van der Waals surface area contributed by atoms with Crippen LogP contribution in [0.2, 0.25) is 0 Å². The maximum absolute atomic E-state index is 12.3. The van der Waals surface area contributed by atoms with E-state index in [1.54, 1.807) is 32.0 Å². The smallest absolute Gasteiger partial charge is 0.311 e. The van der Waals surface area contributed by atoms with Crippen molar-refractivity contribution in [1.29, 1.82) is 0 Å². The summed E-state index contributed by atoms with van der Waals surface area (Å²) in [6.07, 6.45) is 4.02. The number of nitro groups is 1. The molecule has 0 radical (unpaired) electrons. The van der Waals surface area contributed by atoms with Crippen LogP contribution in [0.15, 0.2) is 47.6 Å². The molecule has 9 nitrogen and oxygen atoms in total. The van der Waals surface area contributed by atoms with E-state index in [4.69, 9.17) is 4.74 Å². The van der Waals surface area contributed by atoms with E-state index in [1.165, 1.54) is 12.1 Å². The first-order valence-corrected chi connectivity index (χ1v) is 10.5. The standard InChI is InChI=1S/C23H26N4O5/c1-15-10-11-21(20(12-15)27(30)31)32-14-22(28)26-25-16(2)18-8-5-9-19(13-18)24-23(29)17-6-3-4-7-17/h5,8-13,17H,3-4,6-7,14H2,1-2H3,(H,24,29)(H,26,28)/b25-16+. The van der Waals surface area contributed by atoms with Gasteiger partial charge in [0.05, 0.1) is 10.6 Å². The quantitative estimate of drug-likeness (QED) is 0.367. The highest BCUT2D eigenvalue weighted by atomic mass is 16.6. The zero-order valence-corrected chi connectivity index (χ0v) is 18.1. The summed E-state index contributed by atoms with van der Waals surface area (Å²) < 4.78 is 5.29. The molecule has 0 saturated heterocycles. The van der Waals surface area contributed by atoms with Gasteiger partial charge in [-0.25, -0.2) is 5.43 Å². The fraction of sp³-hybridized carbons (Fsp3) is 0.348. The lowest BCUT2D eigenvalue weighted by atomic mass is 10.1. The van der Waals surface area contributed by atoms with Crippen molar-refractivity contribution in [3.63, 3.8) is 0 Å². The molecule has 0 unspecified atom stereocenters. The molecule has 2 N–H and O–H groups in total. The SMILES string of the molecule is C/C(=N\NC(=O)COc1ccc(C)cc1[N+](=O)[O-])c1cccc(NC(=O)C2CCCC2)c1. The fourth-order valence-electron chi connectivity index (χ4n) is 3.53. The highest BCUT2D eigenvalue weighted by Crippen LogP contribution is 2.28. The summed E-state index contributed by atoms with van der Waals surface area (Å²) in [5.41, 5.74) is 4.86. The molecular formula is C23H26N4O5. The Morgan fingerprint density at radius 2 is 1.94 bits per heavy atom. The van der Waals surface area contributed by atoms with E-state index in [0.717, 1.165) is 36.8 Å². The summed E-state index contributed by atoms with van der Waals surface area (Å²) in [5, 5.41) is 18.1. The number of hydrogen-bond acceptors (Lipinski definition) is 6. The molecule has 2 amide bonds. The molecule has 0 atom stereocenters. The van der Waals surface area contributed by atoms with E-state index in [2.05, 4.69) is 15.8 Å². The molecule has 0 aliphatic heterocycles.